The SMILES string of the molecule is Cc1ccc(C(=O)N2CCC(C3(CCC(C)C)NC(=O)N(Cc4ccccn4)C3=O)CC2)c(C)c1. The number of imide groups is 1. The number of benzene rings is 1. The fourth-order valence-electron chi connectivity index (χ4n) is 5.41. The maximum Gasteiger partial charge on any atom is 0.325 e. The van der Waals surface area contributed by atoms with Crippen molar-refractivity contribution in [2.75, 3.05) is 13.1 Å². The molecule has 3 heterocycles. The second-order valence-electron chi connectivity index (χ2n) is 10.4. The summed E-state index contributed by atoms with van der Waals surface area (Å²) in [6, 6.07) is 11.1. The van der Waals surface area contributed by atoms with Crippen LogP contribution in [0.2, 0.25) is 0 Å². The molecule has 186 valence electrons. The van der Waals surface area contributed by atoms with E-state index in [-0.39, 0.29) is 30.3 Å². The third-order valence-electron chi connectivity index (χ3n) is 7.46. The Kier molecular flexibility index (Phi) is 7.24. The van der Waals surface area contributed by atoms with Gasteiger partial charge in [0.05, 0.1) is 12.2 Å². The van der Waals surface area contributed by atoms with Crippen molar-refractivity contribution in [3.8, 4) is 0 Å². The monoisotopic (exact) mass is 476 g/mol. The number of aromatic nitrogens is 1. The van der Waals surface area contributed by atoms with Crippen LogP contribution in [0, 0.1) is 25.7 Å². The smallest absolute Gasteiger partial charge is 0.325 e. The van der Waals surface area contributed by atoms with E-state index >= 15 is 0 Å². The topological polar surface area (TPSA) is 82.6 Å². The molecule has 2 aliphatic heterocycles. The fourth-order valence-corrected chi connectivity index (χ4v) is 5.41. The lowest BCUT2D eigenvalue weighted by molar-refractivity contribution is -0.134. The summed E-state index contributed by atoms with van der Waals surface area (Å²) in [6.45, 7) is 9.56. The number of carbonyl (C=O) groups is 3. The number of nitrogens with zero attached hydrogens (tertiary/aromatic N) is 3. The zero-order chi connectivity index (χ0) is 25.2. The van der Waals surface area contributed by atoms with Crippen LogP contribution in [-0.2, 0) is 11.3 Å². The molecule has 35 heavy (non-hydrogen) atoms. The molecule has 0 bridgehead atoms. The number of likely N-dealkylation sites (tertiary alicyclic amines) is 1. The Hall–Kier alpha value is -3.22. The van der Waals surface area contributed by atoms with E-state index in [0.717, 1.165) is 23.1 Å². The van der Waals surface area contributed by atoms with Crippen molar-refractivity contribution in [1.82, 2.24) is 20.1 Å². The maximum atomic E-state index is 13.8. The van der Waals surface area contributed by atoms with E-state index in [1.54, 1.807) is 6.20 Å². The van der Waals surface area contributed by atoms with Crippen molar-refractivity contribution in [2.45, 2.75) is 65.5 Å². The number of nitrogens with one attached hydrogen (secondary N) is 1. The summed E-state index contributed by atoms with van der Waals surface area (Å²) >= 11 is 0. The summed E-state index contributed by atoms with van der Waals surface area (Å²) in [4.78, 5) is 47.5. The molecule has 0 spiro atoms. The largest absolute Gasteiger partial charge is 0.339 e. The van der Waals surface area contributed by atoms with Crippen molar-refractivity contribution < 1.29 is 14.4 Å². The molecule has 2 fully saturated rings. The molecule has 1 aromatic carbocycles. The second-order valence-corrected chi connectivity index (χ2v) is 10.4. The van der Waals surface area contributed by atoms with Gasteiger partial charge in [0.25, 0.3) is 11.8 Å². The van der Waals surface area contributed by atoms with Crippen LogP contribution < -0.4 is 5.32 Å². The molecular formula is C28H36N4O3. The lowest BCUT2D eigenvalue weighted by Gasteiger charge is -2.41. The molecule has 7 nitrogen and oxygen atoms in total. The minimum Gasteiger partial charge on any atom is -0.339 e. The number of amides is 4. The van der Waals surface area contributed by atoms with E-state index in [0.29, 0.717) is 44.0 Å². The van der Waals surface area contributed by atoms with Crippen molar-refractivity contribution in [3.05, 3.63) is 65.0 Å². The van der Waals surface area contributed by atoms with Crippen molar-refractivity contribution in [1.29, 1.82) is 0 Å². The van der Waals surface area contributed by atoms with Crippen molar-refractivity contribution in [3.63, 3.8) is 0 Å². The van der Waals surface area contributed by atoms with Crippen LogP contribution in [0.3, 0.4) is 0 Å². The van der Waals surface area contributed by atoms with Gasteiger partial charge in [-0.2, -0.15) is 0 Å². The van der Waals surface area contributed by atoms with Gasteiger partial charge in [-0.05, 0) is 75.1 Å². The summed E-state index contributed by atoms with van der Waals surface area (Å²) < 4.78 is 0. The van der Waals surface area contributed by atoms with E-state index in [2.05, 4.69) is 24.1 Å². The average Bonchev–Trinajstić information content (AvgIpc) is 3.08. The van der Waals surface area contributed by atoms with Crippen LogP contribution in [0.15, 0.2) is 42.6 Å². The van der Waals surface area contributed by atoms with Gasteiger partial charge < -0.3 is 10.2 Å². The molecule has 1 N–H and O–H groups in total. The fraction of sp³-hybridized carbons (Fsp3) is 0.500. The Bertz CT molecular complexity index is 1090. The quantitative estimate of drug-likeness (QED) is 0.598. The van der Waals surface area contributed by atoms with Gasteiger partial charge in [-0.3, -0.25) is 19.5 Å². The lowest BCUT2D eigenvalue weighted by atomic mass is 9.73. The van der Waals surface area contributed by atoms with Gasteiger partial charge in [0.2, 0.25) is 0 Å². The predicted molar refractivity (Wildman–Crippen MR) is 135 cm³/mol. The molecule has 1 atom stereocenters. The number of hydrogen-bond acceptors (Lipinski definition) is 4. The maximum absolute atomic E-state index is 13.8. The van der Waals surface area contributed by atoms with Crippen LogP contribution >= 0.6 is 0 Å². The number of urea groups is 1. The Morgan fingerprint density at radius 3 is 2.51 bits per heavy atom. The number of pyridine rings is 1. The summed E-state index contributed by atoms with van der Waals surface area (Å²) in [5.41, 5.74) is 2.61. The predicted octanol–water partition coefficient (Wildman–Crippen LogP) is 4.48. The van der Waals surface area contributed by atoms with E-state index < -0.39 is 5.54 Å². The molecule has 1 unspecified atom stereocenters. The van der Waals surface area contributed by atoms with Gasteiger partial charge >= 0.3 is 6.03 Å². The van der Waals surface area contributed by atoms with Gasteiger partial charge in [-0.1, -0.05) is 37.6 Å². The first-order valence-electron chi connectivity index (χ1n) is 12.6. The van der Waals surface area contributed by atoms with E-state index in [1.165, 1.54) is 4.90 Å². The normalized spacial score (nSPS) is 21.1. The van der Waals surface area contributed by atoms with Crippen molar-refractivity contribution in [2.24, 2.45) is 11.8 Å². The Morgan fingerprint density at radius 1 is 1.14 bits per heavy atom. The first kappa shape index (κ1) is 24.9. The third kappa shape index (κ3) is 5.09. The molecule has 4 rings (SSSR count). The molecule has 4 amide bonds. The molecule has 1 aromatic heterocycles. The Morgan fingerprint density at radius 2 is 1.89 bits per heavy atom. The third-order valence-corrected chi connectivity index (χ3v) is 7.46. The van der Waals surface area contributed by atoms with Crippen LogP contribution in [0.1, 0.15) is 66.7 Å². The van der Waals surface area contributed by atoms with E-state index in [4.69, 9.17) is 0 Å². The van der Waals surface area contributed by atoms with Crippen LogP contribution in [0.4, 0.5) is 4.79 Å². The number of carbonyl (C=O) groups excluding carboxylic acids is 3. The van der Waals surface area contributed by atoms with Gasteiger partial charge in [-0.25, -0.2) is 4.79 Å². The second kappa shape index (κ2) is 10.2. The number of piperidine rings is 1. The van der Waals surface area contributed by atoms with Gasteiger partial charge in [0.1, 0.15) is 5.54 Å². The molecule has 0 aliphatic carbocycles. The standard InChI is InChI=1S/C28H36N4O3/c1-19(2)10-13-28(26(34)32(27(35)30-28)18-23-7-5-6-14-29-23)22-11-15-31(16-12-22)25(33)24-9-8-20(3)17-21(24)4/h5-9,14,17,19,22H,10-13,15-16,18H2,1-4H3,(H,30,35). The van der Waals surface area contributed by atoms with Crippen LogP contribution in [0.25, 0.3) is 0 Å². The highest BCUT2D eigenvalue weighted by molar-refractivity contribution is 6.07. The zero-order valence-corrected chi connectivity index (χ0v) is 21.2. The zero-order valence-electron chi connectivity index (χ0n) is 21.2. The molecule has 2 aromatic rings. The number of hydrogen-bond donors (Lipinski definition) is 1. The Balaban J connectivity index is 1.51. The number of rotatable bonds is 7. The summed E-state index contributed by atoms with van der Waals surface area (Å²) in [5.74, 6) is 0.269. The molecule has 2 aliphatic rings. The number of aryl methyl sites for hydroxylation is 2. The van der Waals surface area contributed by atoms with Crippen LogP contribution in [-0.4, -0.2) is 51.3 Å². The van der Waals surface area contributed by atoms with Crippen molar-refractivity contribution >= 4 is 17.8 Å². The summed E-state index contributed by atoms with van der Waals surface area (Å²) in [7, 11) is 0. The first-order valence-corrected chi connectivity index (χ1v) is 12.6. The highest BCUT2D eigenvalue weighted by atomic mass is 16.2. The van der Waals surface area contributed by atoms with E-state index in [9.17, 15) is 14.4 Å². The van der Waals surface area contributed by atoms with Gasteiger partial charge in [0.15, 0.2) is 0 Å². The highest BCUT2D eigenvalue weighted by Crippen LogP contribution is 2.38. The molecule has 0 saturated carbocycles. The Labute approximate surface area is 207 Å². The average molecular weight is 477 g/mol. The summed E-state index contributed by atoms with van der Waals surface area (Å²) in [5, 5.41) is 3.11. The van der Waals surface area contributed by atoms with Gasteiger partial charge in [0, 0.05) is 24.8 Å². The minimum atomic E-state index is -0.926. The molecular weight excluding hydrogens is 440 g/mol. The lowest BCUT2D eigenvalue weighted by Crippen LogP contribution is -2.56. The van der Waals surface area contributed by atoms with Crippen LogP contribution in [0.5, 0.6) is 0 Å². The van der Waals surface area contributed by atoms with Gasteiger partial charge in [-0.15, -0.1) is 0 Å². The summed E-state index contributed by atoms with van der Waals surface area (Å²) in [6.07, 6.45) is 4.47. The molecule has 2 saturated heterocycles. The molecule has 0 radical (unpaired) electrons. The first-order chi connectivity index (χ1) is 16.7. The minimum absolute atomic E-state index is 0.0189. The molecule has 7 heteroatoms. The van der Waals surface area contributed by atoms with E-state index in [1.807, 2.05) is 55.1 Å². The highest BCUT2D eigenvalue weighted by Gasteiger charge is 2.55.